The van der Waals surface area contributed by atoms with Gasteiger partial charge in [-0.05, 0) is 25.7 Å². The van der Waals surface area contributed by atoms with E-state index in [0.29, 0.717) is 59.8 Å². The van der Waals surface area contributed by atoms with Gasteiger partial charge in [0.1, 0.15) is 11.5 Å². The zero-order valence-corrected chi connectivity index (χ0v) is 25.9. The third kappa shape index (κ3) is 3.48. The number of carbonyl (C=O) groups excluding carboxylic acids is 2. The highest BCUT2D eigenvalue weighted by molar-refractivity contribution is 7.99. The fourth-order valence-corrected chi connectivity index (χ4v) is 8.41. The highest BCUT2D eigenvalue weighted by Gasteiger charge is 2.40. The summed E-state index contributed by atoms with van der Waals surface area (Å²) in [5, 5.41) is 36.1. The number of carboxylic acids is 1. The molecule has 12 heteroatoms. The zero-order chi connectivity index (χ0) is 32.2. The lowest BCUT2D eigenvalue weighted by Gasteiger charge is -2.29. The molecule has 11 nitrogen and oxygen atoms in total. The molecular formula is C33H27NO10S. The van der Waals surface area contributed by atoms with Gasteiger partial charge in [0.25, 0.3) is 0 Å². The Kier molecular flexibility index (Phi) is 6.25. The van der Waals surface area contributed by atoms with Gasteiger partial charge in [-0.3, -0.25) is 14.6 Å². The summed E-state index contributed by atoms with van der Waals surface area (Å²) < 4.78 is 23.4. The summed E-state index contributed by atoms with van der Waals surface area (Å²) in [6.07, 6.45) is 1.43. The fourth-order valence-electron chi connectivity index (χ4n) is 7.26. The molecule has 0 aromatic heterocycles. The monoisotopic (exact) mass is 629 g/mol. The van der Waals surface area contributed by atoms with Crippen LogP contribution in [0.2, 0.25) is 0 Å². The number of ether oxygens (including phenoxy) is 4. The standard InChI is InChI=1S/C33H27NO10S/c1-10-7-12-17-20-18(27(37)29(12)42-4)14(36)8-15(41-3)19(20)24-22-21(17)23(16(10)11(2)35)30(43-5)28(38)25(22)26-32(31(24)44-6)45-9-13(34-26)33(39)40/h8,13,37-38H,7,9H2,1-6H3,(H,39,40). The maximum absolute atomic E-state index is 13.7. The third-order valence-electron chi connectivity index (χ3n) is 8.86. The van der Waals surface area contributed by atoms with Gasteiger partial charge in [0.15, 0.2) is 40.6 Å². The summed E-state index contributed by atoms with van der Waals surface area (Å²) in [4.78, 5) is 44.4. The van der Waals surface area contributed by atoms with Gasteiger partial charge in [-0.15, -0.1) is 11.8 Å². The summed E-state index contributed by atoms with van der Waals surface area (Å²) in [7, 11) is 5.65. The van der Waals surface area contributed by atoms with Crippen molar-refractivity contribution >= 4 is 72.9 Å². The van der Waals surface area contributed by atoms with Gasteiger partial charge in [0, 0.05) is 55.6 Å². The summed E-state index contributed by atoms with van der Waals surface area (Å²) in [6.45, 7) is 3.19. The Labute approximate surface area is 259 Å². The predicted octanol–water partition coefficient (Wildman–Crippen LogP) is 4.58. The topological polar surface area (TPSA) is 161 Å². The van der Waals surface area contributed by atoms with Crippen LogP contribution in [0, 0.1) is 0 Å². The smallest absolute Gasteiger partial charge is 0.329 e. The van der Waals surface area contributed by atoms with Crippen LogP contribution in [-0.2, 0) is 20.7 Å². The van der Waals surface area contributed by atoms with E-state index in [2.05, 4.69) is 4.99 Å². The van der Waals surface area contributed by atoms with Crippen LogP contribution < -0.4 is 19.6 Å². The van der Waals surface area contributed by atoms with E-state index in [1.165, 1.54) is 53.2 Å². The number of fused-ring (bicyclic) bond motifs is 3. The van der Waals surface area contributed by atoms with Crippen LogP contribution in [0.4, 0.5) is 0 Å². The first-order chi connectivity index (χ1) is 21.5. The number of rotatable bonds is 6. The van der Waals surface area contributed by atoms with Gasteiger partial charge in [-0.2, -0.15) is 0 Å². The number of Topliss-reactive ketones (excluding diaryl/α,β-unsaturated/α-hetero) is 1. The van der Waals surface area contributed by atoms with Gasteiger partial charge in [0.05, 0.1) is 49.6 Å². The van der Waals surface area contributed by atoms with E-state index in [4.69, 9.17) is 18.9 Å². The van der Waals surface area contributed by atoms with Crippen LogP contribution in [0.15, 0.2) is 21.5 Å². The molecular weight excluding hydrogens is 602 g/mol. The lowest BCUT2D eigenvalue weighted by atomic mass is 9.79. The molecule has 0 radical (unpaired) electrons. The van der Waals surface area contributed by atoms with Gasteiger partial charge in [0.2, 0.25) is 0 Å². The number of phenolic OH excluding ortho intramolecular Hbond substituents is 2. The highest BCUT2D eigenvalue weighted by Crippen LogP contribution is 2.59. The summed E-state index contributed by atoms with van der Waals surface area (Å²) in [6, 6.07) is -1.11. The number of ketones is 2. The van der Waals surface area contributed by atoms with Crippen molar-refractivity contribution in [3.63, 3.8) is 0 Å². The number of methoxy groups -OCH3 is 4. The first-order valence-corrected chi connectivity index (χ1v) is 14.9. The first kappa shape index (κ1) is 28.8. The number of phenols is 2. The zero-order valence-electron chi connectivity index (χ0n) is 25.1. The Morgan fingerprint density at radius 2 is 1.53 bits per heavy atom. The highest BCUT2D eigenvalue weighted by atomic mass is 32.2. The number of aliphatic carboxylic acids is 1. The van der Waals surface area contributed by atoms with Gasteiger partial charge >= 0.3 is 5.97 Å². The van der Waals surface area contributed by atoms with Crippen LogP contribution in [0.3, 0.4) is 0 Å². The second-order valence-electron chi connectivity index (χ2n) is 11.1. The fraction of sp³-hybridized carbons (Fsp3) is 0.273. The van der Waals surface area contributed by atoms with Crippen molar-refractivity contribution in [2.75, 3.05) is 34.2 Å². The van der Waals surface area contributed by atoms with E-state index in [1.807, 2.05) is 0 Å². The van der Waals surface area contributed by atoms with Crippen molar-refractivity contribution < 1.29 is 48.7 Å². The molecule has 7 rings (SSSR count). The average Bonchev–Trinajstić information content (AvgIpc) is 3.14. The number of allylic oxidation sites excluding steroid dienone is 3. The second-order valence-corrected chi connectivity index (χ2v) is 12.1. The molecule has 1 heterocycles. The van der Waals surface area contributed by atoms with Crippen LogP contribution in [0.5, 0.6) is 28.7 Å². The molecule has 0 amide bonds. The van der Waals surface area contributed by atoms with Crippen LogP contribution in [0.1, 0.15) is 40.9 Å². The van der Waals surface area contributed by atoms with E-state index in [-0.39, 0.29) is 68.6 Å². The average molecular weight is 630 g/mol. The first-order valence-electron chi connectivity index (χ1n) is 13.9. The number of carboxylic acid groups (broad SMARTS) is 1. The Bertz CT molecular complexity index is 2250. The largest absolute Gasteiger partial charge is 0.504 e. The van der Waals surface area contributed by atoms with Crippen LogP contribution >= 0.6 is 11.8 Å². The summed E-state index contributed by atoms with van der Waals surface area (Å²) >= 11 is 1.21. The Morgan fingerprint density at radius 1 is 0.844 bits per heavy atom. The Balaban J connectivity index is 1.97. The SMILES string of the molecule is COC1=CC(=O)c2c(O)c(OC)c3c4c2c1c1c(OC)c2c(c5c(O)c(OC)c(c4c15)C(C(C)=O)=C(C)C3)=NC(C(=O)O)CS2. The van der Waals surface area contributed by atoms with Crippen molar-refractivity contribution in [1.82, 2.24) is 0 Å². The minimum atomic E-state index is -1.13. The number of hydrogen-bond donors (Lipinski definition) is 3. The molecule has 3 aliphatic rings. The van der Waals surface area contributed by atoms with E-state index in [0.717, 1.165) is 0 Å². The third-order valence-corrected chi connectivity index (χ3v) is 10.0. The lowest BCUT2D eigenvalue weighted by molar-refractivity contribution is -0.138. The molecule has 0 saturated heterocycles. The molecule has 4 aromatic rings. The normalized spacial score (nSPS) is 16.9. The number of benzene rings is 4. The maximum atomic E-state index is 13.7. The van der Waals surface area contributed by atoms with Crippen molar-refractivity contribution in [2.24, 2.45) is 4.99 Å². The molecule has 0 bridgehead atoms. The Morgan fingerprint density at radius 3 is 2.13 bits per heavy atom. The molecule has 0 saturated carbocycles. The van der Waals surface area contributed by atoms with E-state index in [9.17, 15) is 29.7 Å². The van der Waals surface area contributed by atoms with Crippen molar-refractivity contribution in [3.05, 3.63) is 39.3 Å². The van der Waals surface area contributed by atoms with E-state index < -0.39 is 17.8 Å². The van der Waals surface area contributed by atoms with Gasteiger partial charge < -0.3 is 34.3 Å². The minimum Gasteiger partial charge on any atom is -0.504 e. The Hall–Kier alpha value is -4.97. The second kappa shape index (κ2) is 9.77. The predicted molar refractivity (Wildman–Crippen MR) is 167 cm³/mol. The molecule has 0 spiro atoms. The molecule has 1 unspecified atom stereocenters. The van der Waals surface area contributed by atoms with Crippen molar-refractivity contribution in [1.29, 1.82) is 0 Å². The van der Waals surface area contributed by atoms with Crippen LogP contribution in [-0.4, -0.2) is 73.1 Å². The van der Waals surface area contributed by atoms with Gasteiger partial charge in [-0.1, -0.05) is 5.57 Å². The van der Waals surface area contributed by atoms with E-state index >= 15 is 0 Å². The quantitative estimate of drug-likeness (QED) is 0.202. The molecule has 0 fully saturated rings. The van der Waals surface area contributed by atoms with Crippen molar-refractivity contribution in [2.45, 2.75) is 31.2 Å². The lowest BCUT2D eigenvalue weighted by Crippen LogP contribution is -2.29. The number of nitrogens with zero attached hydrogens (tertiary/aromatic N) is 1. The molecule has 2 aliphatic carbocycles. The number of carbonyl (C=O) groups is 3. The molecule has 4 aromatic carbocycles. The molecule has 1 aliphatic heterocycles. The summed E-state index contributed by atoms with van der Waals surface area (Å²) in [5.41, 5.74) is 2.13. The minimum absolute atomic E-state index is 0.00910. The molecule has 45 heavy (non-hydrogen) atoms. The maximum Gasteiger partial charge on any atom is 0.329 e. The molecule has 1 atom stereocenters. The van der Waals surface area contributed by atoms with Crippen molar-refractivity contribution in [3.8, 4) is 28.7 Å². The van der Waals surface area contributed by atoms with Crippen LogP contribution in [0.25, 0.3) is 43.6 Å². The molecule has 230 valence electrons. The van der Waals surface area contributed by atoms with Gasteiger partial charge in [-0.25, -0.2) is 4.79 Å². The number of thioether (sulfide) groups is 1. The number of aromatic hydroxyl groups is 2. The summed E-state index contributed by atoms with van der Waals surface area (Å²) in [5.74, 6) is -1.95. The number of hydrogen-bond acceptors (Lipinski definition) is 11. The van der Waals surface area contributed by atoms with E-state index in [1.54, 1.807) is 6.92 Å². The molecule has 3 N–H and O–H groups in total.